The van der Waals surface area contributed by atoms with E-state index < -0.39 is 23.8 Å². The number of nitriles is 1. The number of hydrogen-bond acceptors (Lipinski definition) is 10. The molecule has 3 amide bonds. The Hall–Kier alpha value is -4.41. The molecule has 170 valence electrons. The zero-order valence-corrected chi connectivity index (χ0v) is 18.2. The van der Waals surface area contributed by atoms with Crippen molar-refractivity contribution >= 4 is 56.5 Å². The van der Waals surface area contributed by atoms with Crippen LogP contribution in [0.5, 0.6) is 5.75 Å². The number of amides is 3. The minimum Gasteiger partial charge on any atom is -0.495 e. The molecular weight excluding hydrogens is 448 g/mol. The minimum absolute atomic E-state index is 0.0240. The smallest absolute Gasteiger partial charge is 0.260 e. The fourth-order valence-corrected chi connectivity index (χ4v) is 4.22. The number of carbonyl (C=O) groups excluding carboxylic acids is 3. The van der Waals surface area contributed by atoms with E-state index in [1.54, 1.807) is 12.1 Å². The maximum atomic E-state index is 12.4. The van der Waals surface area contributed by atoms with E-state index >= 15 is 0 Å². The molecule has 0 saturated carbocycles. The second-order valence-electron chi connectivity index (χ2n) is 6.93. The van der Waals surface area contributed by atoms with E-state index in [1.807, 2.05) is 6.07 Å². The van der Waals surface area contributed by atoms with Crippen LogP contribution in [0.1, 0.15) is 21.7 Å². The molecule has 2 aromatic heterocycles. The number of nitrogen functional groups attached to an aromatic ring is 2. The van der Waals surface area contributed by atoms with E-state index in [0.29, 0.717) is 21.3 Å². The number of benzene rings is 1. The number of rotatable bonds is 7. The van der Waals surface area contributed by atoms with Crippen molar-refractivity contribution < 1.29 is 19.1 Å². The van der Waals surface area contributed by atoms with Crippen LogP contribution in [0.25, 0.3) is 21.3 Å². The summed E-state index contributed by atoms with van der Waals surface area (Å²) in [7, 11) is 1.40. The Labute approximate surface area is 191 Å². The maximum Gasteiger partial charge on any atom is 0.260 e. The molecule has 13 heteroatoms. The van der Waals surface area contributed by atoms with E-state index in [9.17, 15) is 19.6 Å². The molecule has 1 atom stereocenters. The molecule has 2 heterocycles. The molecular formula is C20H20N8O4S. The number of fused-ring (bicyclic) bond motifs is 1. The van der Waals surface area contributed by atoms with Gasteiger partial charge in [-0.05, 0) is 17.7 Å². The number of thiophene rings is 1. The first-order valence-electron chi connectivity index (χ1n) is 9.33. The number of methoxy groups -OCH3 is 1. The van der Waals surface area contributed by atoms with Gasteiger partial charge in [0.05, 0.1) is 30.9 Å². The van der Waals surface area contributed by atoms with Crippen molar-refractivity contribution in [3.05, 3.63) is 28.6 Å². The third-order valence-corrected chi connectivity index (χ3v) is 5.86. The van der Waals surface area contributed by atoms with E-state index in [0.717, 1.165) is 11.3 Å². The second-order valence-corrected chi connectivity index (χ2v) is 7.93. The average molecular weight is 468 g/mol. The van der Waals surface area contributed by atoms with Gasteiger partial charge in [0.2, 0.25) is 11.8 Å². The topological polar surface area (TPSA) is 239 Å². The summed E-state index contributed by atoms with van der Waals surface area (Å²) in [5.74, 6) is -1.93. The molecule has 3 rings (SSSR count). The van der Waals surface area contributed by atoms with Gasteiger partial charge in [-0.3, -0.25) is 14.4 Å². The van der Waals surface area contributed by atoms with Crippen molar-refractivity contribution in [3.63, 3.8) is 0 Å². The monoisotopic (exact) mass is 468 g/mol. The van der Waals surface area contributed by atoms with Gasteiger partial charge in [-0.25, -0.2) is 4.98 Å². The Balaban J connectivity index is 2.23. The number of nitrogens with two attached hydrogens (primary N) is 5. The lowest BCUT2D eigenvalue weighted by Crippen LogP contribution is -2.39. The van der Waals surface area contributed by atoms with Gasteiger partial charge in [-0.2, -0.15) is 5.26 Å². The van der Waals surface area contributed by atoms with Crippen LogP contribution in [0.3, 0.4) is 0 Å². The molecule has 0 aliphatic rings. The number of nitrogens with zero attached hydrogens (tertiary/aromatic N) is 2. The Kier molecular flexibility index (Phi) is 6.33. The van der Waals surface area contributed by atoms with E-state index in [1.165, 1.54) is 13.2 Å². The van der Waals surface area contributed by atoms with Crippen LogP contribution in [0, 0.1) is 11.3 Å². The normalized spacial score (nSPS) is 11.5. The molecule has 33 heavy (non-hydrogen) atoms. The zero-order valence-electron chi connectivity index (χ0n) is 17.3. The molecule has 0 saturated heterocycles. The van der Waals surface area contributed by atoms with Crippen molar-refractivity contribution in [2.45, 2.75) is 12.5 Å². The highest BCUT2D eigenvalue weighted by Crippen LogP contribution is 2.43. The van der Waals surface area contributed by atoms with Crippen LogP contribution in [-0.2, 0) is 9.59 Å². The Morgan fingerprint density at radius 3 is 2.55 bits per heavy atom. The number of primary amides is 2. The molecule has 3 aromatic rings. The summed E-state index contributed by atoms with van der Waals surface area (Å²) in [6, 6.07) is 5.51. The lowest BCUT2D eigenvalue weighted by molar-refractivity contribution is -0.123. The van der Waals surface area contributed by atoms with Crippen LogP contribution in [0.4, 0.5) is 17.2 Å². The number of aromatic nitrogens is 1. The Morgan fingerprint density at radius 1 is 1.27 bits per heavy atom. The summed E-state index contributed by atoms with van der Waals surface area (Å²) in [6.07, 6.45) is -0.352. The third kappa shape index (κ3) is 4.33. The maximum absolute atomic E-state index is 12.4. The third-order valence-electron chi connectivity index (χ3n) is 4.74. The molecule has 11 N–H and O–H groups in total. The molecule has 0 fully saturated rings. The molecule has 0 spiro atoms. The number of hydrogen-bond donors (Lipinski definition) is 6. The molecule has 0 unspecified atom stereocenters. The lowest BCUT2D eigenvalue weighted by Gasteiger charge is -2.16. The number of ether oxygens (including phenoxy) is 1. The van der Waals surface area contributed by atoms with Crippen molar-refractivity contribution in [2.24, 2.45) is 17.2 Å². The fraction of sp³-hybridized carbons (Fsp3) is 0.150. The van der Waals surface area contributed by atoms with Gasteiger partial charge in [0, 0.05) is 10.9 Å². The van der Waals surface area contributed by atoms with E-state index in [4.69, 9.17) is 33.4 Å². The van der Waals surface area contributed by atoms with Gasteiger partial charge >= 0.3 is 0 Å². The van der Waals surface area contributed by atoms with Crippen molar-refractivity contribution in [1.29, 1.82) is 5.26 Å². The summed E-state index contributed by atoms with van der Waals surface area (Å²) < 4.78 is 5.29. The first kappa shape index (κ1) is 23.3. The van der Waals surface area contributed by atoms with Crippen LogP contribution < -0.4 is 38.7 Å². The molecule has 0 bridgehead atoms. The number of carbonyl (C=O) groups is 3. The standard InChI is InChI=1S/C20H20N8O4S/c1-32-11-3-2-7(4-10(11)27-19(31)9(22)5-12(23)29)13-8(6-21)17(25)28-20-14(13)15(24)16(33-20)18(26)30/h2-4,9H,5,22,24H2,1H3,(H2,23,29)(H2,25,28)(H2,26,30)(H,27,31)/t9-/m0/s1. The van der Waals surface area contributed by atoms with Crippen molar-refractivity contribution in [3.8, 4) is 22.9 Å². The predicted molar refractivity (Wildman–Crippen MR) is 124 cm³/mol. The first-order chi connectivity index (χ1) is 15.6. The summed E-state index contributed by atoms with van der Waals surface area (Å²) >= 11 is 0.951. The number of pyridine rings is 1. The highest BCUT2D eigenvalue weighted by Gasteiger charge is 2.24. The highest BCUT2D eigenvalue weighted by atomic mass is 32.1. The highest BCUT2D eigenvalue weighted by molar-refractivity contribution is 7.21. The summed E-state index contributed by atoms with van der Waals surface area (Å²) in [5, 5.41) is 12.7. The molecule has 12 nitrogen and oxygen atoms in total. The van der Waals surface area contributed by atoms with Gasteiger partial charge in [-0.1, -0.05) is 6.07 Å². The fourth-order valence-electron chi connectivity index (χ4n) is 3.25. The van der Waals surface area contributed by atoms with Crippen molar-refractivity contribution in [2.75, 3.05) is 23.9 Å². The quantitative estimate of drug-likeness (QED) is 0.278. The number of anilines is 3. The largest absolute Gasteiger partial charge is 0.495 e. The second kappa shape index (κ2) is 8.99. The molecule has 0 aliphatic carbocycles. The van der Waals surface area contributed by atoms with Gasteiger partial charge in [0.15, 0.2) is 0 Å². The van der Waals surface area contributed by atoms with Gasteiger partial charge in [-0.15, -0.1) is 11.3 Å². The van der Waals surface area contributed by atoms with Gasteiger partial charge in [0.25, 0.3) is 5.91 Å². The summed E-state index contributed by atoms with van der Waals surface area (Å²) in [6.45, 7) is 0. The first-order valence-corrected chi connectivity index (χ1v) is 10.1. The molecule has 1 aromatic carbocycles. The van der Waals surface area contributed by atoms with Crippen LogP contribution in [0.2, 0.25) is 0 Å². The SMILES string of the molecule is COc1ccc(-c2c(C#N)c(N)nc3sc(C(N)=O)c(N)c23)cc1NC(=O)[C@@H](N)CC(N)=O. The summed E-state index contributed by atoms with van der Waals surface area (Å²) in [4.78, 5) is 39.9. The van der Waals surface area contributed by atoms with Crippen LogP contribution in [-0.4, -0.2) is 35.9 Å². The van der Waals surface area contributed by atoms with Crippen molar-refractivity contribution in [1.82, 2.24) is 4.98 Å². The Morgan fingerprint density at radius 2 is 1.97 bits per heavy atom. The van der Waals surface area contributed by atoms with Crippen LogP contribution >= 0.6 is 11.3 Å². The number of nitrogens with one attached hydrogen (secondary N) is 1. The molecule has 0 radical (unpaired) electrons. The van der Waals surface area contributed by atoms with E-state index in [-0.39, 0.29) is 39.8 Å². The zero-order chi connectivity index (χ0) is 24.4. The lowest BCUT2D eigenvalue weighted by atomic mass is 9.96. The Bertz CT molecular complexity index is 1340. The van der Waals surface area contributed by atoms with Gasteiger partial charge in [0.1, 0.15) is 32.9 Å². The predicted octanol–water partition coefficient (Wildman–Crippen LogP) is 0.248. The van der Waals surface area contributed by atoms with Gasteiger partial charge < -0.3 is 38.7 Å². The minimum atomic E-state index is -1.18. The average Bonchev–Trinajstić information content (AvgIpc) is 3.08. The summed E-state index contributed by atoms with van der Waals surface area (Å²) in [5.41, 5.74) is 29.4. The molecule has 0 aliphatic heterocycles. The van der Waals surface area contributed by atoms with E-state index in [2.05, 4.69) is 10.3 Å². The van der Waals surface area contributed by atoms with Crippen LogP contribution in [0.15, 0.2) is 18.2 Å².